The van der Waals surface area contributed by atoms with Crippen molar-refractivity contribution in [1.29, 1.82) is 0 Å². The number of hydrogen-bond acceptors (Lipinski definition) is 5. The molecular weight excluding hydrogens is 394 g/mol. The zero-order valence-corrected chi connectivity index (χ0v) is 17.0. The first kappa shape index (κ1) is 20.9. The largest absolute Gasteiger partial charge is 0.507 e. The maximum absolute atomic E-state index is 12.9. The van der Waals surface area contributed by atoms with E-state index in [9.17, 15) is 14.7 Å². The number of halogens is 1. The average molecular weight is 416 g/mol. The normalized spacial score (nSPS) is 18.3. The molecule has 1 unspecified atom stereocenters. The lowest BCUT2D eigenvalue weighted by molar-refractivity contribution is -0.140. The molecule has 6 nitrogen and oxygen atoms in total. The van der Waals surface area contributed by atoms with E-state index in [0.717, 1.165) is 0 Å². The van der Waals surface area contributed by atoms with E-state index in [1.807, 2.05) is 6.92 Å². The van der Waals surface area contributed by atoms with Crippen molar-refractivity contribution in [2.24, 2.45) is 0 Å². The second-order valence-corrected chi connectivity index (χ2v) is 6.94. The van der Waals surface area contributed by atoms with E-state index < -0.39 is 17.7 Å². The highest BCUT2D eigenvalue weighted by Gasteiger charge is 2.46. The van der Waals surface area contributed by atoms with Gasteiger partial charge in [-0.2, -0.15) is 0 Å². The van der Waals surface area contributed by atoms with Crippen LogP contribution in [0.5, 0.6) is 5.75 Å². The van der Waals surface area contributed by atoms with E-state index >= 15 is 0 Å². The summed E-state index contributed by atoms with van der Waals surface area (Å²) in [5, 5.41) is 11.4. The van der Waals surface area contributed by atoms with Crippen LogP contribution in [0.25, 0.3) is 5.76 Å². The van der Waals surface area contributed by atoms with Gasteiger partial charge in [-0.05, 0) is 36.8 Å². The second-order valence-electron chi connectivity index (χ2n) is 6.50. The van der Waals surface area contributed by atoms with Crippen LogP contribution in [0.4, 0.5) is 0 Å². The average Bonchev–Trinajstić information content (AvgIpc) is 2.97. The van der Waals surface area contributed by atoms with Gasteiger partial charge in [-0.15, -0.1) is 0 Å². The summed E-state index contributed by atoms with van der Waals surface area (Å²) in [5.41, 5.74) is 1.05. The molecule has 1 saturated heterocycles. The zero-order chi connectivity index (χ0) is 21.0. The van der Waals surface area contributed by atoms with Gasteiger partial charge in [0, 0.05) is 24.2 Å². The zero-order valence-electron chi connectivity index (χ0n) is 16.2. The molecule has 1 aliphatic heterocycles. The summed E-state index contributed by atoms with van der Waals surface area (Å²) in [6.45, 7) is 2.81. The van der Waals surface area contributed by atoms with Gasteiger partial charge >= 0.3 is 0 Å². The number of hydrogen-bond donors (Lipinski definition) is 1. The molecule has 0 saturated carbocycles. The van der Waals surface area contributed by atoms with Gasteiger partial charge in [0.1, 0.15) is 11.5 Å². The number of carbonyl (C=O) groups excluding carboxylic acids is 2. The quantitative estimate of drug-likeness (QED) is 0.423. The molecule has 1 atom stereocenters. The van der Waals surface area contributed by atoms with Crippen molar-refractivity contribution in [1.82, 2.24) is 4.90 Å². The van der Waals surface area contributed by atoms with Crippen molar-refractivity contribution in [3.63, 3.8) is 0 Å². The molecular formula is C22H22ClNO5. The number of rotatable bonds is 7. The molecule has 0 aromatic heterocycles. The van der Waals surface area contributed by atoms with Crippen molar-refractivity contribution in [2.45, 2.75) is 13.0 Å². The lowest BCUT2D eigenvalue weighted by Gasteiger charge is -2.25. The van der Waals surface area contributed by atoms with Gasteiger partial charge in [-0.1, -0.05) is 35.9 Å². The van der Waals surface area contributed by atoms with Crippen LogP contribution in [-0.2, 0) is 14.3 Å². The standard InChI is InChI=1S/C22H22ClNO5/c1-3-29-17-9-5-6-14(13-17)19-18(20(25)15-7-4-8-16(23)12-15)21(26)22(27)24(19)10-11-28-2/h4-9,12-13,19,25H,3,10-11H2,1-2H3/b20-18-. The number of methoxy groups -OCH3 is 1. The molecule has 1 N–H and O–H groups in total. The van der Waals surface area contributed by atoms with Crippen molar-refractivity contribution >= 4 is 29.1 Å². The third kappa shape index (κ3) is 4.28. The number of ketones is 1. The SMILES string of the molecule is CCOc1cccc(C2/C(=C(/O)c3cccc(Cl)c3)C(=O)C(=O)N2CCOC)c1. The number of Topliss-reactive ketones (excluding diaryl/α,β-unsaturated/α-hetero) is 1. The monoisotopic (exact) mass is 415 g/mol. The van der Waals surface area contributed by atoms with Crippen molar-refractivity contribution in [3.8, 4) is 5.75 Å². The Balaban J connectivity index is 2.16. The highest BCUT2D eigenvalue weighted by atomic mass is 35.5. The third-order valence-corrected chi connectivity index (χ3v) is 4.89. The molecule has 0 spiro atoms. The summed E-state index contributed by atoms with van der Waals surface area (Å²) < 4.78 is 10.7. The van der Waals surface area contributed by atoms with Crippen LogP contribution in [-0.4, -0.2) is 48.6 Å². The van der Waals surface area contributed by atoms with Crippen LogP contribution in [0.3, 0.4) is 0 Å². The Morgan fingerprint density at radius 1 is 1.17 bits per heavy atom. The van der Waals surface area contributed by atoms with E-state index in [1.165, 1.54) is 12.0 Å². The number of aliphatic hydroxyl groups excluding tert-OH is 1. The van der Waals surface area contributed by atoms with E-state index in [1.54, 1.807) is 48.5 Å². The Morgan fingerprint density at radius 2 is 1.93 bits per heavy atom. The Hall–Kier alpha value is -2.83. The lowest BCUT2D eigenvalue weighted by Crippen LogP contribution is -2.32. The van der Waals surface area contributed by atoms with Crippen molar-refractivity contribution in [3.05, 3.63) is 70.3 Å². The predicted octanol–water partition coefficient (Wildman–Crippen LogP) is 3.81. The highest BCUT2D eigenvalue weighted by Crippen LogP contribution is 2.40. The molecule has 0 aliphatic carbocycles. The Kier molecular flexibility index (Phi) is 6.56. The van der Waals surface area contributed by atoms with Gasteiger partial charge in [-0.25, -0.2) is 0 Å². The van der Waals surface area contributed by atoms with Crippen molar-refractivity contribution < 1.29 is 24.2 Å². The molecule has 1 fully saturated rings. The molecule has 2 aromatic carbocycles. The summed E-state index contributed by atoms with van der Waals surface area (Å²) >= 11 is 6.04. The van der Waals surface area contributed by atoms with Gasteiger partial charge < -0.3 is 19.5 Å². The Morgan fingerprint density at radius 3 is 2.62 bits per heavy atom. The number of amides is 1. The fraction of sp³-hybridized carbons (Fsp3) is 0.273. The minimum absolute atomic E-state index is 0.0158. The predicted molar refractivity (Wildman–Crippen MR) is 110 cm³/mol. The molecule has 2 aromatic rings. The van der Waals surface area contributed by atoms with Crippen LogP contribution in [0.15, 0.2) is 54.1 Å². The number of benzene rings is 2. The van der Waals surface area contributed by atoms with Gasteiger partial charge in [-0.3, -0.25) is 9.59 Å². The highest BCUT2D eigenvalue weighted by molar-refractivity contribution is 6.46. The summed E-state index contributed by atoms with van der Waals surface area (Å²) in [6, 6.07) is 12.9. The summed E-state index contributed by atoms with van der Waals surface area (Å²) in [5.74, 6) is -1.08. The van der Waals surface area contributed by atoms with E-state index in [-0.39, 0.29) is 24.5 Å². The van der Waals surface area contributed by atoms with Gasteiger partial charge in [0.25, 0.3) is 11.7 Å². The van der Waals surface area contributed by atoms with Crippen LogP contribution < -0.4 is 4.74 Å². The van der Waals surface area contributed by atoms with E-state index in [2.05, 4.69) is 0 Å². The molecule has 1 amide bonds. The van der Waals surface area contributed by atoms with Crippen LogP contribution in [0.1, 0.15) is 24.1 Å². The number of likely N-dealkylation sites (tertiary alicyclic amines) is 1. The summed E-state index contributed by atoms with van der Waals surface area (Å²) in [7, 11) is 1.52. The first-order valence-corrected chi connectivity index (χ1v) is 9.61. The van der Waals surface area contributed by atoms with E-state index in [4.69, 9.17) is 21.1 Å². The maximum atomic E-state index is 12.9. The molecule has 1 heterocycles. The van der Waals surface area contributed by atoms with Gasteiger partial charge in [0.15, 0.2) is 0 Å². The summed E-state index contributed by atoms with van der Waals surface area (Å²) in [6.07, 6.45) is 0. The Labute approximate surface area is 174 Å². The minimum Gasteiger partial charge on any atom is -0.507 e. The molecule has 1 aliphatic rings. The van der Waals surface area contributed by atoms with Gasteiger partial charge in [0.05, 0.1) is 24.8 Å². The topological polar surface area (TPSA) is 76.1 Å². The van der Waals surface area contributed by atoms with Gasteiger partial charge in [0.2, 0.25) is 0 Å². The van der Waals surface area contributed by atoms with E-state index in [0.29, 0.717) is 28.5 Å². The molecule has 152 valence electrons. The second kappa shape index (κ2) is 9.11. The molecule has 0 radical (unpaired) electrons. The number of nitrogens with zero attached hydrogens (tertiary/aromatic N) is 1. The number of carbonyl (C=O) groups is 2. The summed E-state index contributed by atoms with van der Waals surface area (Å²) in [4.78, 5) is 27.0. The fourth-order valence-electron chi connectivity index (χ4n) is 3.38. The smallest absolute Gasteiger partial charge is 0.295 e. The fourth-order valence-corrected chi connectivity index (χ4v) is 3.57. The minimum atomic E-state index is -0.760. The van der Waals surface area contributed by atoms with Crippen LogP contribution in [0.2, 0.25) is 5.02 Å². The molecule has 0 bridgehead atoms. The van der Waals surface area contributed by atoms with Crippen LogP contribution in [0, 0.1) is 0 Å². The lowest BCUT2D eigenvalue weighted by atomic mass is 9.95. The number of ether oxygens (including phenoxy) is 2. The molecule has 3 rings (SSSR count). The Bertz CT molecular complexity index is 956. The first-order valence-electron chi connectivity index (χ1n) is 9.24. The van der Waals surface area contributed by atoms with Crippen molar-refractivity contribution in [2.75, 3.05) is 26.9 Å². The third-order valence-electron chi connectivity index (χ3n) is 4.66. The maximum Gasteiger partial charge on any atom is 0.295 e. The number of aliphatic hydroxyl groups is 1. The first-order chi connectivity index (χ1) is 14.0. The van der Waals surface area contributed by atoms with Crippen LogP contribution >= 0.6 is 11.6 Å². The molecule has 7 heteroatoms. The molecule has 29 heavy (non-hydrogen) atoms.